The third-order valence-electron chi connectivity index (χ3n) is 3.43. The van der Waals surface area contributed by atoms with E-state index in [9.17, 15) is 30.0 Å². The lowest BCUT2D eigenvalue weighted by molar-refractivity contribution is -0.140. The second-order valence-electron chi connectivity index (χ2n) is 5.27. The molecule has 3 atom stereocenters. The fraction of sp³-hybridized carbons (Fsp3) is 0.692. The molecule has 0 radical (unpaired) electrons. The molecule has 3 unspecified atom stereocenters. The highest BCUT2D eigenvalue weighted by Gasteiger charge is 2.40. The quantitative estimate of drug-likeness (QED) is 0.290. The summed E-state index contributed by atoms with van der Waals surface area (Å²) in [5, 5.41) is 49.6. The molecule has 0 aromatic carbocycles. The normalized spacial score (nSPS) is 24.9. The molecule has 1 aliphatic carbocycles. The van der Waals surface area contributed by atoms with E-state index >= 15 is 0 Å². The summed E-state index contributed by atoms with van der Waals surface area (Å²) in [5.41, 5.74) is -1.57. The molecule has 9 nitrogen and oxygen atoms in total. The topological polar surface area (TPSA) is 157 Å². The van der Waals surface area contributed by atoms with E-state index in [0.29, 0.717) is 0 Å². The average Bonchev–Trinajstić information content (AvgIpc) is 2.43. The first kappa shape index (κ1) is 18.4. The predicted octanol–water partition coefficient (Wildman–Crippen LogP) is -2.28. The first-order valence-corrected chi connectivity index (χ1v) is 6.67. The van der Waals surface area contributed by atoms with Crippen molar-refractivity contribution in [2.45, 2.75) is 37.0 Å². The number of ketones is 1. The van der Waals surface area contributed by atoms with Crippen LogP contribution < -0.4 is 5.32 Å². The Balaban J connectivity index is 2.98. The number of Topliss-reactive ketones (excluding diaryl/α,β-unsaturated/α-hetero) is 1. The number of hydrogen-bond acceptors (Lipinski definition) is 8. The Labute approximate surface area is 126 Å². The molecular formula is C13H21NO8. The minimum atomic E-state index is -1.67. The monoisotopic (exact) mass is 319 g/mol. The number of carboxylic acid groups (broad SMARTS) is 1. The van der Waals surface area contributed by atoms with Crippen LogP contribution in [0.4, 0.5) is 0 Å². The van der Waals surface area contributed by atoms with Gasteiger partial charge in [-0.2, -0.15) is 0 Å². The molecule has 22 heavy (non-hydrogen) atoms. The highest BCUT2D eigenvalue weighted by molar-refractivity contribution is 5.95. The first-order chi connectivity index (χ1) is 10.3. The van der Waals surface area contributed by atoms with Crippen LogP contribution in [0.1, 0.15) is 19.3 Å². The van der Waals surface area contributed by atoms with Gasteiger partial charge in [-0.05, 0) is 0 Å². The van der Waals surface area contributed by atoms with Crippen molar-refractivity contribution in [3.8, 4) is 0 Å². The Kier molecular flexibility index (Phi) is 6.30. The van der Waals surface area contributed by atoms with Crippen molar-refractivity contribution >= 4 is 11.8 Å². The summed E-state index contributed by atoms with van der Waals surface area (Å²) < 4.78 is 4.96. The molecule has 0 spiro atoms. The third kappa shape index (κ3) is 4.41. The van der Waals surface area contributed by atoms with Crippen LogP contribution in [0.25, 0.3) is 0 Å². The Morgan fingerprint density at radius 1 is 1.41 bits per heavy atom. The van der Waals surface area contributed by atoms with Crippen molar-refractivity contribution in [1.82, 2.24) is 5.32 Å². The number of allylic oxidation sites excluding steroid dienone is 1. The summed E-state index contributed by atoms with van der Waals surface area (Å²) in [4.78, 5) is 22.5. The highest BCUT2D eigenvalue weighted by Crippen LogP contribution is 2.29. The number of carbonyl (C=O) groups excluding carboxylic acids is 1. The Hall–Kier alpha value is -1.68. The van der Waals surface area contributed by atoms with Crippen LogP contribution >= 0.6 is 0 Å². The molecule has 0 aliphatic heterocycles. The molecule has 126 valence electrons. The van der Waals surface area contributed by atoms with E-state index in [1.165, 1.54) is 7.11 Å². The van der Waals surface area contributed by atoms with Gasteiger partial charge in [-0.1, -0.05) is 0 Å². The van der Waals surface area contributed by atoms with Crippen molar-refractivity contribution in [3.05, 3.63) is 11.5 Å². The van der Waals surface area contributed by atoms with E-state index < -0.39 is 49.1 Å². The minimum absolute atomic E-state index is 0.0842. The van der Waals surface area contributed by atoms with Crippen LogP contribution in [-0.4, -0.2) is 75.4 Å². The van der Waals surface area contributed by atoms with Crippen LogP contribution in [0.3, 0.4) is 0 Å². The molecule has 0 bridgehead atoms. The van der Waals surface area contributed by atoms with Crippen LogP contribution in [-0.2, 0) is 14.3 Å². The zero-order chi connectivity index (χ0) is 16.9. The molecule has 0 amide bonds. The summed E-state index contributed by atoms with van der Waals surface area (Å²) in [6.07, 6.45) is -2.49. The maximum absolute atomic E-state index is 11.9. The number of aliphatic hydroxyl groups is 4. The number of methoxy groups -OCH3 is 1. The van der Waals surface area contributed by atoms with Crippen molar-refractivity contribution in [2.75, 3.05) is 20.3 Å². The molecular weight excluding hydrogens is 298 g/mol. The van der Waals surface area contributed by atoms with Crippen LogP contribution in [0.5, 0.6) is 0 Å². The minimum Gasteiger partial charge on any atom is -0.491 e. The molecule has 0 fully saturated rings. The molecule has 6 N–H and O–H groups in total. The Morgan fingerprint density at radius 3 is 2.50 bits per heavy atom. The number of carboxylic acids is 1. The maximum Gasteiger partial charge on any atom is 0.306 e. The van der Waals surface area contributed by atoms with Gasteiger partial charge in [0.25, 0.3) is 0 Å². The van der Waals surface area contributed by atoms with Gasteiger partial charge in [0.05, 0.1) is 44.6 Å². The Morgan fingerprint density at radius 2 is 2.05 bits per heavy atom. The fourth-order valence-electron chi connectivity index (χ4n) is 2.29. The second kappa shape index (κ2) is 7.54. The van der Waals surface area contributed by atoms with E-state index in [0.717, 1.165) is 0 Å². The number of carbonyl (C=O) groups is 2. The lowest BCUT2D eigenvalue weighted by Crippen LogP contribution is -2.49. The number of hydrogen-bond donors (Lipinski definition) is 6. The highest BCUT2D eigenvalue weighted by atomic mass is 16.5. The van der Waals surface area contributed by atoms with E-state index in [2.05, 4.69) is 5.32 Å². The fourth-order valence-corrected chi connectivity index (χ4v) is 2.29. The molecule has 1 aliphatic rings. The predicted molar refractivity (Wildman–Crippen MR) is 72.6 cm³/mol. The van der Waals surface area contributed by atoms with Gasteiger partial charge in [0.1, 0.15) is 5.60 Å². The molecule has 0 saturated carbocycles. The van der Waals surface area contributed by atoms with Gasteiger partial charge in [-0.15, -0.1) is 0 Å². The van der Waals surface area contributed by atoms with Crippen molar-refractivity contribution in [1.29, 1.82) is 0 Å². The number of aliphatic hydroxyl groups excluding tert-OH is 3. The second-order valence-corrected chi connectivity index (χ2v) is 5.27. The number of nitrogens with one attached hydrogen (secondary N) is 1. The molecule has 9 heteroatoms. The van der Waals surface area contributed by atoms with Gasteiger partial charge in [-0.3, -0.25) is 9.59 Å². The molecule has 0 aromatic rings. The SMILES string of the molecule is COC1=C(NC(CO)C(O)CC(=O)O)CC(O)(CO)CC1=O. The largest absolute Gasteiger partial charge is 0.491 e. The Bertz CT molecular complexity index is 463. The van der Waals surface area contributed by atoms with E-state index in [1.54, 1.807) is 0 Å². The maximum atomic E-state index is 11.9. The lowest BCUT2D eigenvalue weighted by Gasteiger charge is -2.34. The molecule has 1 rings (SSSR count). The van der Waals surface area contributed by atoms with Crippen LogP contribution in [0, 0.1) is 0 Å². The smallest absolute Gasteiger partial charge is 0.306 e. The number of ether oxygens (including phenoxy) is 1. The summed E-state index contributed by atoms with van der Waals surface area (Å²) in [6.45, 7) is -1.25. The average molecular weight is 319 g/mol. The van der Waals surface area contributed by atoms with Crippen molar-refractivity contribution < 1.29 is 39.9 Å². The molecule has 0 aromatic heterocycles. The zero-order valence-electron chi connectivity index (χ0n) is 12.2. The third-order valence-corrected chi connectivity index (χ3v) is 3.43. The first-order valence-electron chi connectivity index (χ1n) is 6.67. The zero-order valence-corrected chi connectivity index (χ0v) is 12.2. The summed E-state index contributed by atoms with van der Waals surface area (Å²) in [7, 11) is 1.25. The van der Waals surface area contributed by atoms with Gasteiger partial charge >= 0.3 is 5.97 Å². The summed E-state index contributed by atoms with van der Waals surface area (Å²) in [6, 6.07) is -1.06. The van der Waals surface area contributed by atoms with Gasteiger partial charge in [0.15, 0.2) is 5.76 Å². The van der Waals surface area contributed by atoms with Gasteiger partial charge in [0, 0.05) is 12.8 Å². The summed E-state index contributed by atoms with van der Waals surface area (Å²) >= 11 is 0. The molecule has 0 heterocycles. The summed E-state index contributed by atoms with van der Waals surface area (Å²) in [5.74, 6) is -1.88. The number of aliphatic carboxylic acids is 1. The van der Waals surface area contributed by atoms with Crippen LogP contribution in [0.15, 0.2) is 11.5 Å². The van der Waals surface area contributed by atoms with E-state index in [-0.39, 0.29) is 24.3 Å². The van der Waals surface area contributed by atoms with Crippen LogP contribution in [0.2, 0.25) is 0 Å². The van der Waals surface area contributed by atoms with Gasteiger partial charge < -0.3 is 35.6 Å². The number of rotatable bonds is 8. The van der Waals surface area contributed by atoms with Gasteiger partial charge in [0.2, 0.25) is 5.78 Å². The van der Waals surface area contributed by atoms with Crippen molar-refractivity contribution in [3.63, 3.8) is 0 Å². The lowest BCUT2D eigenvalue weighted by atomic mass is 9.85. The molecule has 0 saturated heterocycles. The van der Waals surface area contributed by atoms with E-state index in [4.69, 9.17) is 9.84 Å². The van der Waals surface area contributed by atoms with Crippen molar-refractivity contribution in [2.24, 2.45) is 0 Å². The van der Waals surface area contributed by atoms with Gasteiger partial charge in [-0.25, -0.2) is 0 Å². The van der Waals surface area contributed by atoms with E-state index in [1.807, 2.05) is 0 Å². The standard InChI is InChI=1S/C13H21NO8/c1-22-12-7(3-13(21,6-16)4-10(12)18)14-8(5-15)9(17)2-11(19)20/h8-9,14-17,21H,2-6H2,1H3,(H,19,20).